The first kappa shape index (κ1) is 15.2. The highest BCUT2D eigenvalue weighted by Gasteiger charge is 2.21. The van der Waals surface area contributed by atoms with E-state index >= 15 is 0 Å². The Kier molecular flexibility index (Phi) is 3.97. The van der Waals surface area contributed by atoms with Crippen LogP contribution in [0.15, 0.2) is 84.9 Å². The summed E-state index contributed by atoms with van der Waals surface area (Å²) in [6, 6.07) is 28.4. The van der Waals surface area contributed by atoms with Gasteiger partial charge in [0.1, 0.15) is 0 Å². The van der Waals surface area contributed by atoms with Crippen LogP contribution >= 0.6 is 11.6 Å². The minimum atomic E-state index is -0.752. The molecule has 4 aromatic carbocycles. The smallest absolute Gasteiger partial charge is 0.0994 e. The van der Waals surface area contributed by atoms with Crippen molar-refractivity contribution in [3.63, 3.8) is 0 Å². The lowest BCUT2D eigenvalue weighted by Gasteiger charge is -2.19. The number of aliphatic hydroxyl groups is 1. The highest BCUT2D eigenvalue weighted by Crippen LogP contribution is 2.36. The molecular weight excluding hydrogens is 316 g/mol. The summed E-state index contributed by atoms with van der Waals surface area (Å²) < 4.78 is 0. The number of fused-ring (bicyclic) bond motifs is 2. The minimum Gasteiger partial charge on any atom is -0.387 e. The molecule has 0 radical (unpaired) electrons. The molecule has 0 aromatic heterocycles. The van der Waals surface area contributed by atoms with Crippen LogP contribution in [0.5, 0.6) is 0 Å². The predicted molar refractivity (Wildman–Crippen MR) is 101 cm³/mol. The Morgan fingerprint density at radius 2 is 1.04 bits per heavy atom. The van der Waals surface area contributed by atoms with Crippen molar-refractivity contribution >= 4 is 33.1 Å². The summed E-state index contributed by atoms with van der Waals surface area (Å²) in [5, 5.41) is 14.8. The van der Waals surface area contributed by atoms with E-state index in [-0.39, 0.29) is 0 Å². The highest BCUT2D eigenvalue weighted by atomic mass is 35.5. The van der Waals surface area contributed by atoms with E-state index in [0.29, 0.717) is 0 Å². The molecule has 0 heterocycles. The average Bonchev–Trinajstić information content (AvgIpc) is 2.66. The molecule has 0 bridgehead atoms. The number of rotatable bonds is 3. The second-order valence-corrected chi connectivity index (χ2v) is 6.53. The fourth-order valence-electron chi connectivity index (χ4n) is 3.12. The molecule has 0 saturated carbocycles. The van der Waals surface area contributed by atoms with Gasteiger partial charge in [0, 0.05) is 0 Å². The molecule has 4 aromatic rings. The molecule has 0 aliphatic rings. The number of halogens is 1. The molecule has 0 saturated heterocycles. The van der Waals surface area contributed by atoms with E-state index in [1.165, 1.54) is 5.39 Å². The lowest BCUT2D eigenvalue weighted by Crippen LogP contribution is -2.05. The fraction of sp³-hybridized carbons (Fsp3) is 0.0909. The zero-order chi connectivity index (χ0) is 16.5. The topological polar surface area (TPSA) is 20.2 Å². The largest absolute Gasteiger partial charge is 0.387 e. The second-order valence-electron chi connectivity index (χ2n) is 6.06. The second kappa shape index (κ2) is 6.27. The molecule has 1 N–H and O–H groups in total. The van der Waals surface area contributed by atoms with Gasteiger partial charge in [0.05, 0.1) is 11.5 Å². The van der Waals surface area contributed by atoms with Crippen LogP contribution in [0.2, 0.25) is 0 Å². The monoisotopic (exact) mass is 332 g/mol. The summed E-state index contributed by atoms with van der Waals surface area (Å²) in [6.45, 7) is 0. The molecule has 2 atom stereocenters. The van der Waals surface area contributed by atoms with Crippen molar-refractivity contribution in [3.05, 3.63) is 96.1 Å². The maximum absolute atomic E-state index is 10.7. The fourth-order valence-corrected chi connectivity index (χ4v) is 3.40. The van der Waals surface area contributed by atoms with Gasteiger partial charge in [-0.2, -0.15) is 0 Å². The van der Waals surface area contributed by atoms with Gasteiger partial charge in [0.15, 0.2) is 0 Å². The van der Waals surface area contributed by atoms with Crippen molar-refractivity contribution in [1.82, 2.24) is 0 Å². The molecule has 1 nitrogen and oxygen atoms in total. The van der Waals surface area contributed by atoms with Crippen LogP contribution in [0.3, 0.4) is 0 Å². The highest BCUT2D eigenvalue weighted by molar-refractivity contribution is 6.21. The van der Waals surface area contributed by atoms with E-state index in [1.807, 2.05) is 60.7 Å². The third kappa shape index (κ3) is 2.77. The number of benzene rings is 4. The van der Waals surface area contributed by atoms with Crippen molar-refractivity contribution in [2.45, 2.75) is 11.5 Å². The predicted octanol–water partition coefficient (Wildman–Crippen LogP) is 6.01. The first-order chi connectivity index (χ1) is 11.7. The van der Waals surface area contributed by atoms with Gasteiger partial charge in [0.2, 0.25) is 0 Å². The zero-order valence-corrected chi connectivity index (χ0v) is 13.8. The van der Waals surface area contributed by atoms with E-state index in [9.17, 15) is 5.11 Å². The summed E-state index contributed by atoms with van der Waals surface area (Å²) in [7, 11) is 0. The first-order valence-corrected chi connectivity index (χ1v) is 8.45. The van der Waals surface area contributed by atoms with Gasteiger partial charge in [-0.05, 0) is 44.8 Å². The normalized spacial score (nSPS) is 13.9. The third-order valence-corrected chi connectivity index (χ3v) is 4.97. The Labute approximate surface area is 146 Å². The van der Waals surface area contributed by atoms with Crippen LogP contribution in [-0.4, -0.2) is 5.11 Å². The van der Waals surface area contributed by atoms with Crippen LogP contribution in [0.25, 0.3) is 21.5 Å². The average molecular weight is 333 g/mol. The molecule has 4 rings (SSSR count). The van der Waals surface area contributed by atoms with Crippen LogP contribution < -0.4 is 0 Å². The summed E-state index contributed by atoms with van der Waals surface area (Å²) >= 11 is 6.59. The van der Waals surface area contributed by atoms with Gasteiger partial charge < -0.3 is 5.11 Å². The number of hydrogen-bond donors (Lipinski definition) is 1. The van der Waals surface area contributed by atoms with E-state index < -0.39 is 11.5 Å². The Hall–Kier alpha value is -2.35. The lowest BCUT2D eigenvalue weighted by atomic mass is 9.97. The maximum Gasteiger partial charge on any atom is 0.0994 e. The summed E-state index contributed by atoms with van der Waals surface area (Å²) in [4.78, 5) is 0. The molecule has 118 valence electrons. The van der Waals surface area contributed by atoms with E-state index in [0.717, 1.165) is 27.3 Å². The van der Waals surface area contributed by atoms with Gasteiger partial charge in [-0.15, -0.1) is 11.6 Å². The molecule has 0 amide bonds. The standard InChI is InChI=1S/C22H17ClO/c23-21(19-11-9-15-5-1-3-7-17(15)13-19)22(24)20-12-10-16-6-2-4-8-18(16)14-20/h1-14,21-22,24H/t21-,22-/m1/s1. The Balaban J connectivity index is 1.69. The molecule has 2 heteroatoms. The van der Waals surface area contributed by atoms with Crippen molar-refractivity contribution in [2.24, 2.45) is 0 Å². The Morgan fingerprint density at radius 1 is 0.583 bits per heavy atom. The summed E-state index contributed by atoms with van der Waals surface area (Å²) in [6.07, 6.45) is -0.752. The van der Waals surface area contributed by atoms with E-state index in [1.54, 1.807) is 0 Å². The zero-order valence-electron chi connectivity index (χ0n) is 13.1. The summed E-state index contributed by atoms with van der Waals surface area (Å²) in [5.41, 5.74) is 1.76. The molecule has 0 aliphatic carbocycles. The number of aliphatic hydroxyl groups excluding tert-OH is 1. The van der Waals surface area contributed by atoms with E-state index in [4.69, 9.17) is 11.6 Å². The molecule has 0 fully saturated rings. The number of hydrogen-bond acceptors (Lipinski definition) is 1. The quantitative estimate of drug-likeness (QED) is 0.456. The first-order valence-electron chi connectivity index (χ1n) is 8.02. The van der Waals surface area contributed by atoms with Crippen LogP contribution in [0, 0.1) is 0 Å². The van der Waals surface area contributed by atoms with Crippen LogP contribution in [0.4, 0.5) is 0 Å². The summed E-state index contributed by atoms with van der Waals surface area (Å²) in [5.74, 6) is 0. The Morgan fingerprint density at radius 3 is 1.62 bits per heavy atom. The molecule has 0 spiro atoms. The van der Waals surface area contributed by atoms with Crippen molar-refractivity contribution < 1.29 is 5.11 Å². The van der Waals surface area contributed by atoms with Crippen molar-refractivity contribution in [2.75, 3.05) is 0 Å². The van der Waals surface area contributed by atoms with Crippen LogP contribution in [0.1, 0.15) is 22.6 Å². The van der Waals surface area contributed by atoms with Gasteiger partial charge in [-0.1, -0.05) is 72.8 Å². The molecular formula is C22H17ClO. The maximum atomic E-state index is 10.7. The molecule has 0 unspecified atom stereocenters. The number of alkyl halides is 1. The third-order valence-electron chi connectivity index (χ3n) is 4.48. The van der Waals surface area contributed by atoms with Gasteiger partial charge in [0.25, 0.3) is 0 Å². The molecule has 24 heavy (non-hydrogen) atoms. The van der Waals surface area contributed by atoms with Crippen LogP contribution in [-0.2, 0) is 0 Å². The van der Waals surface area contributed by atoms with E-state index in [2.05, 4.69) is 24.3 Å². The minimum absolute atomic E-state index is 0.490. The Bertz CT molecular complexity index is 925. The van der Waals surface area contributed by atoms with Crippen molar-refractivity contribution in [3.8, 4) is 0 Å². The van der Waals surface area contributed by atoms with Gasteiger partial charge in [-0.25, -0.2) is 0 Å². The van der Waals surface area contributed by atoms with Gasteiger partial charge in [-0.3, -0.25) is 0 Å². The van der Waals surface area contributed by atoms with Crippen molar-refractivity contribution in [1.29, 1.82) is 0 Å². The lowest BCUT2D eigenvalue weighted by molar-refractivity contribution is 0.173. The van der Waals surface area contributed by atoms with Gasteiger partial charge >= 0.3 is 0 Å². The molecule has 0 aliphatic heterocycles. The SMILES string of the molecule is O[C@H](c1ccc2ccccc2c1)[C@H](Cl)c1ccc2ccccc2c1.